The average Bonchev–Trinajstić information content (AvgIpc) is 3.08. The Morgan fingerprint density at radius 1 is 1.00 bits per heavy atom. The molecule has 1 N–H and O–H groups in total. The fraction of sp³-hybridized carbons (Fsp3) is 1.00. The van der Waals surface area contributed by atoms with Crippen LogP contribution in [0.2, 0.25) is 0 Å². The molecule has 2 heterocycles. The van der Waals surface area contributed by atoms with Crippen LogP contribution in [-0.4, -0.2) is 61.2 Å². The summed E-state index contributed by atoms with van der Waals surface area (Å²) in [5.41, 5.74) is 0. The van der Waals surface area contributed by atoms with Crippen molar-refractivity contribution in [3.63, 3.8) is 0 Å². The molecule has 0 spiro atoms. The van der Waals surface area contributed by atoms with Crippen molar-refractivity contribution >= 4 is 0 Å². The van der Waals surface area contributed by atoms with Gasteiger partial charge in [0.2, 0.25) is 0 Å². The number of fused-ring (bicyclic) bond motifs is 1. The van der Waals surface area contributed by atoms with Crippen LogP contribution in [0, 0.1) is 0 Å². The molecule has 0 aromatic heterocycles. The zero-order valence-corrected chi connectivity index (χ0v) is 12.6. The molecule has 2 aliphatic heterocycles. The number of rotatable bonds is 5. The minimum atomic E-state index is 0.775. The lowest BCUT2D eigenvalue weighted by atomic mass is 9.99. The van der Waals surface area contributed by atoms with Gasteiger partial charge in [-0.25, -0.2) is 0 Å². The first kappa shape index (κ1) is 13.8. The van der Waals surface area contributed by atoms with Crippen molar-refractivity contribution in [2.75, 3.05) is 33.2 Å². The largest absolute Gasteiger partial charge is 0.311 e. The average molecular weight is 265 g/mol. The van der Waals surface area contributed by atoms with Crippen LogP contribution >= 0.6 is 0 Å². The van der Waals surface area contributed by atoms with E-state index in [1.165, 1.54) is 77.5 Å². The molecule has 3 rings (SSSR count). The first-order valence-electron chi connectivity index (χ1n) is 8.52. The third kappa shape index (κ3) is 3.32. The van der Waals surface area contributed by atoms with Gasteiger partial charge in [0.1, 0.15) is 0 Å². The highest BCUT2D eigenvalue weighted by Gasteiger charge is 2.34. The molecule has 2 atom stereocenters. The lowest BCUT2D eigenvalue weighted by Crippen LogP contribution is -2.47. The highest BCUT2D eigenvalue weighted by Crippen LogP contribution is 2.27. The van der Waals surface area contributed by atoms with E-state index in [0.717, 1.165) is 18.1 Å². The maximum absolute atomic E-state index is 3.85. The Balaban J connectivity index is 1.37. The lowest BCUT2D eigenvalue weighted by Gasteiger charge is -2.33. The highest BCUT2D eigenvalue weighted by atomic mass is 15.2. The Bertz CT molecular complexity index is 275. The summed E-state index contributed by atoms with van der Waals surface area (Å²) in [6.45, 7) is 5.10. The molecule has 110 valence electrons. The fourth-order valence-corrected chi connectivity index (χ4v) is 4.44. The van der Waals surface area contributed by atoms with Gasteiger partial charge in [0.15, 0.2) is 0 Å². The molecule has 1 aliphatic carbocycles. The van der Waals surface area contributed by atoms with Gasteiger partial charge in [-0.1, -0.05) is 19.3 Å². The molecular weight excluding hydrogens is 234 g/mol. The standard InChI is InChI=1S/C16H31N3/c1-18(14-6-2-3-7-14)13-10-17-15-9-12-19-11-5-4-8-16(15)19/h14-17H,2-13H2,1H3. The van der Waals surface area contributed by atoms with Gasteiger partial charge in [0.05, 0.1) is 0 Å². The maximum Gasteiger partial charge on any atom is 0.0249 e. The zero-order valence-electron chi connectivity index (χ0n) is 12.6. The van der Waals surface area contributed by atoms with E-state index < -0.39 is 0 Å². The van der Waals surface area contributed by atoms with Crippen molar-refractivity contribution in [2.24, 2.45) is 0 Å². The molecule has 0 amide bonds. The highest BCUT2D eigenvalue weighted by molar-refractivity contribution is 4.94. The van der Waals surface area contributed by atoms with E-state index in [1.54, 1.807) is 0 Å². The topological polar surface area (TPSA) is 18.5 Å². The van der Waals surface area contributed by atoms with Crippen LogP contribution in [0.3, 0.4) is 0 Å². The third-order valence-electron chi connectivity index (χ3n) is 5.68. The van der Waals surface area contributed by atoms with Crippen LogP contribution < -0.4 is 5.32 Å². The normalized spacial score (nSPS) is 33.2. The predicted octanol–water partition coefficient (Wildman–Crippen LogP) is 2.08. The van der Waals surface area contributed by atoms with E-state index in [2.05, 4.69) is 22.2 Å². The Kier molecular flexibility index (Phi) is 4.78. The second-order valence-corrected chi connectivity index (χ2v) is 6.87. The van der Waals surface area contributed by atoms with Gasteiger partial charge in [-0.15, -0.1) is 0 Å². The first-order valence-corrected chi connectivity index (χ1v) is 8.52. The minimum Gasteiger partial charge on any atom is -0.311 e. The van der Waals surface area contributed by atoms with E-state index in [9.17, 15) is 0 Å². The lowest BCUT2D eigenvalue weighted by molar-refractivity contribution is 0.177. The van der Waals surface area contributed by atoms with Crippen LogP contribution in [0.5, 0.6) is 0 Å². The molecule has 3 nitrogen and oxygen atoms in total. The van der Waals surface area contributed by atoms with Crippen molar-refractivity contribution in [1.29, 1.82) is 0 Å². The van der Waals surface area contributed by atoms with Crippen LogP contribution in [0.1, 0.15) is 51.4 Å². The van der Waals surface area contributed by atoms with Gasteiger partial charge in [-0.2, -0.15) is 0 Å². The molecule has 3 aliphatic rings. The number of hydrogen-bond acceptors (Lipinski definition) is 3. The summed E-state index contributed by atoms with van der Waals surface area (Å²) in [6.07, 6.45) is 11.4. The number of hydrogen-bond donors (Lipinski definition) is 1. The summed E-state index contributed by atoms with van der Waals surface area (Å²) in [7, 11) is 2.32. The van der Waals surface area contributed by atoms with Gasteiger partial charge in [0.25, 0.3) is 0 Å². The SMILES string of the molecule is CN(CCNC1CCN2CCCCC12)C1CCCC1. The molecular formula is C16H31N3. The van der Waals surface area contributed by atoms with Gasteiger partial charge in [-0.05, 0) is 45.7 Å². The van der Waals surface area contributed by atoms with Crippen molar-refractivity contribution < 1.29 is 0 Å². The molecule has 2 saturated heterocycles. The van der Waals surface area contributed by atoms with Crippen LogP contribution in [0.15, 0.2) is 0 Å². The van der Waals surface area contributed by atoms with Crippen LogP contribution in [-0.2, 0) is 0 Å². The van der Waals surface area contributed by atoms with E-state index in [0.29, 0.717) is 0 Å². The smallest absolute Gasteiger partial charge is 0.0249 e. The first-order chi connectivity index (χ1) is 9.34. The summed E-state index contributed by atoms with van der Waals surface area (Å²) in [6, 6.07) is 2.50. The van der Waals surface area contributed by atoms with E-state index in [1.807, 2.05) is 0 Å². The Labute approximate surface area is 118 Å². The van der Waals surface area contributed by atoms with Gasteiger partial charge in [0, 0.05) is 37.8 Å². The van der Waals surface area contributed by atoms with Crippen molar-refractivity contribution in [3.05, 3.63) is 0 Å². The van der Waals surface area contributed by atoms with Gasteiger partial charge >= 0.3 is 0 Å². The van der Waals surface area contributed by atoms with E-state index >= 15 is 0 Å². The molecule has 0 radical (unpaired) electrons. The van der Waals surface area contributed by atoms with Gasteiger partial charge < -0.3 is 10.2 Å². The van der Waals surface area contributed by atoms with E-state index in [-0.39, 0.29) is 0 Å². The molecule has 0 aromatic rings. The Morgan fingerprint density at radius 3 is 2.63 bits per heavy atom. The summed E-state index contributed by atoms with van der Waals surface area (Å²) >= 11 is 0. The molecule has 1 saturated carbocycles. The molecule has 0 bridgehead atoms. The molecule has 2 unspecified atom stereocenters. The van der Waals surface area contributed by atoms with Gasteiger partial charge in [-0.3, -0.25) is 4.90 Å². The molecule has 3 fully saturated rings. The van der Waals surface area contributed by atoms with E-state index in [4.69, 9.17) is 0 Å². The summed E-state index contributed by atoms with van der Waals surface area (Å²) in [5.74, 6) is 0. The maximum atomic E-state index is 3.85. The second-order valence-electron chi connectivity index (χ2n) is 6.87. The molecule has 3 heteroatoms. The summed E-state index contributed by atoms with van der Waals surface area (Å²) in [4.78, 5) is 5.31. The summed E-state index contributed by atoms with van der Waals surface area (Å²) in [5, 5.41) is 3.85. The fourth-order valence-electron chi connectivity index (χ4n) is 4.44. The predicted molar refractivity (Wildman–Crippen MR) is 80.5 cm³/mol. The number of likely N-dealkylation sites (N-methyl/N-ethyl adjacent to an activating group) is 1. The van der Waals surface area contributed by atoms with Crippen molar-refractivity contribution in [2.45, 2.75) is 69.5 Å². The van der Waals surface area contributed by atoms with Crippen molar-refractivity contribution in [1.82, 2.24) is 15.1 Å². The monoisotopic (exact) mass is 265 g/mol. The quantitative estimate of drug-likeness (QED) is 0.821. The third-order valence-corrected chi connectivity index (χ3v) is 5.68. The van der Waals surface area contributed by atoms with Crippen LogP contribution in [0.4, 0.5) is 0 Å². The Morgan fingerprint density at radius 2 is 1.79 bits per heavy atom. The molecule has 0 aromatic carbocycles. The second kappa shape index (κ2) is 6.55. The number of piperidine rings is 1. The zero-order chi connectivity index (χ0) is 13.1. The number of nitrogens with zero attached hydrogens (tertiary/aromatic N) is 2. The molecule has 19 heavy (non-hydrogen) atoms. The summed E-state index contributed by atoms with van der Waals surface area (Å²) < 4.78 is 0. The van der Waals surface area contributed by atoms with Crippen LogP contribution in [0.25, 0.3) is 0 Å². The van der Waals surface area contributed by atoms with Crippen molar-refractivity contribution in [3.8, 4) is 0 Å². The minimum absolute atomic E-state index is 0.775. The Hall–Kier alpha value is -0.120. The number of nitrogens with one attached hydrogen (secondary N) is 1.